The third-order valence-corrected chi connectivity index (χ3v) is 5.37. The first kappa shape index (κ1) is 19.6. The minimum absolute atomic E-state index is 0.0548. The quantitative estimate of drug-likeness (QED) is 0.617. The van der Waals surface area contributed by atoms with Crippen molar-refractivity contribution < 1.29 is 19.1 Å². The molecule has 0 unspecified atom stereocenters. The van der Waals surface area contributed by atoms with Crippen molar-refractivity contribution >= 4 is 28.7 Å². The minimum Gasteiger partial charge on any atom is -0.493 e. The SMILES string of the molecule is COc1ccc(-c2nc(C)c(C(=O)Nc3cccc(C(C)=O)c3)s2)cc1OC. The van der Waals surface area contributed by atoms with E-state index >= 15 is 0 Å². The van der Waals surface area contributed by atoms with Gasteiger partial charge < -0.3 is 14.8 Å². The number of aromatic nitrogens is 1. The lowest BCUT2D eigenvalue weighted by atomic mass is 10.1. The van der Waals surface area contributed by atoms with Crippen LogP contribution in [0.25, 0.3) is 10.6 Å². The number of thiazole rings is 1. The molecule has 3 aromatic rings. The lowest BCUT2D eigenvalue weighted by Crippen LogP contribution is -2.11. The summed E-state index contributed by atoms with van der Waals surface area (Å²) in [4.78, 5) is 29.3. The molecule has 0 radical (unpaired) electrons. The van der Waals surface area contributed by atoms with Gasteiger partial charge in [-0.05, 0) is 44.2 Å². The van der Waals surface area contributed by atoms with Crippen molar-refractivity contribution in [3.8, 4) is 22.1 Å². The van der Waals surface area contributed by atoms with Gasteiger partial charge in [0.05, 0.1) is 19.9 Å². The number of methoxy groups -OCH3 is 2. The number of anilines is 1. The number of nitrogens with zero attached hydrogens (tertiary/aromatic N) is 1. The number of benzene rings is 2. The second-order valence-electron chi connectivity index (χ2n) is 6.09. The van der Waals surface area contributed by atoms with Gasteiger partial charge in [-0.25, -0.2) is 4.98 Å². The number of carbonyl (C=O) groups is 2. The maximum absolute atomic E-state index is 12.7. The van der Waals surface area contributed by atoms with Gasteiger partial charge in [-0.3, -0.25) is 9.59 Å². The van der Waals surface area contributed by atoms with Gasteiger partial charge in [0, 0.05) is 16.8 Å². The van der Waals surface area contributed by atoms with E-state index in [0.29, 0.717) is 38.3 Å². The van der Waals surface area contributed by atoms with E-state index in [1.54, 1.807) is 51.5 Å². The number of amides is 1. The van der Waals surface area contributed by atoms with Gasteiger partial charge in [-0.1, -0.05) is 12.1 Å². The highest BCUT2D eigenvalue weighted by Gasteiger charge is 2.18. The average Bonchev–Trinajstić information content (AvgIpc) is 3.09. The summed E-state index contributed by atoms with van der Waals surface area (Å²) in [6.07, 6.45) is 0. The van der Waals surface area contributed by atoms with Crippen molar-refractivity contribution in [1.29, 1.82) is 0 Å². The van der Waals surface area contributed by atoms with Crippen LogP contribution in [-0.4, -0.2) is 30.9 Å². The number of aryl methyl sites for hydroxylation is 1. The molecule has 0 fully saturated rings. The molecule has 7 heteroatoms. The first-order chi connectivity index (χ1) is 13.4. The highest BCUT2D eigenvalue weighted by molar-refractivity contribution is 7.17. The summed E-state index contributed by atoms with van der Waals surface area (Å²) < 4.78 is 10.6. The number of ketones is 1. The van der Waals surface area contributed by atoms with Crippen LogP contribution in [-0.2, 0) is 0 Å². The highest BCUT2D eigenvalue weighted by atomic mass is 32.1. The number of carbonyl (C=O) groups excluding carboxylic acids is 2. The second-order valence-corrected chi connectivity index (χ2v) is 7.09. The van der Waals surface area contributed by atoms with Crippen LogP contribution >= 0.6 is 11.3 Å². The highest BCUT2D eigenvalue weighted by Crippen LogP contribution is 2.35. The number of ether oxygens (including phenoxy) is 2. The number of nitrogens with one attached hydrogen (secondary N) is 1. The van der Waals surface area contributed by atoms with Crippen LogP contribution in [0, 0.1) is 6.92 Å². The van der Waals surface area contributed by atoms with Gasteiger partial charge in [0.15, 0.2) is 17.3 Å². The topological polar surface area (TPSA) is 77.5 Å². The Morgan fingerprint density at radius 3 is 2.46 bits per heavy atom. The Morgan fingerprint density at radius 2 is 1.79 bits per heavy atom. The summed E-state index contributed by atoms with van der Waals surface area (Å²) >= 11 is 1.30. The lowest BCUT2D eigenvalue weighted by Gasteiger charge is -2.08. The Labute approximate surface area is 167 Å². The molecule has 0 bridgehead atoms. The molecule has 0 saturated heterocycles. The smallest absolute Gasteiger partial charge is 0.267 e. The van der Waals surface area contributed by atoms with Gasteiger partial charge >= 0.3 is 0 Å². The maximum atomic E-state index is 12.7. The molecule has 0 aliphatic heterocycles. The predicted molar refractivity (Wildman–Crippen MR) is 110 cm³/mol. The lowest BCUT2D eigenvalue weighted by molar-refractivity contribution is 0.101. The van der Waals surface area contributed by atoms with E-state index in [2.05, 4.69) is 10.3 Å². The number of hydrogen-bond acceptors (Lipinski definition) is 6. The molecule has 1 N–H and O–H groups in total. The Hall–Kier alpha value is -3.19. The monoisotopic (exact) mass is 396 g/mol. The zero-order valence-corrected chi connectivity index (χ0v) is 16.8. The van der Waals surface area contributed by atoms with Crippen LogP contribution in [0.1, 0.15) is 32.6 Å². The van der Waals surface area contributed by atoms with Gasteiger partial charge in [0.1, 0.15) is 9.88 Å². The molecular formula is C21H20N2O4S. The summed E-state index contributed by atoms with van der Waals surface area (Å²) in [6, 6.07) is 12.4. The fraction of sp³-hybridized carbons (Fsp3) is 0.190. The molecular weight excluding hydrogens is 376 g/mol. The fourth-order valence-electron chi connectivity index (χ4n) is 2.70. The van der Waals surface area contributed by atoms with Crippen molar-refractivity contribution in [2.75, 3.05) is 19.5 Å². The van der Waals surface area contributed by atoms with Crippen molar-refractivity contribution in [2.24, 2.45) is 0 Å². The summed E-state index contributed by atoms with van der Waals surface area (Å²) in [7, 11) is 3.15. The number of hydrogen-bond donors (Lipinski definition) is 1. The molecule has 0 saturated carbocycles. The van der Waals surface area contributed by atoms with Crippen molar-refractivity contribution in [2.45, 2.75) is 13.8 Å². The second kappa shape index (κ2) is 8.22. The molecule has 28 heavy (non-hydrogen) atoms. The van der Waals surface area contributed by atoms with Crippen LogP contribution in [0.3, 0.4) is 0 Å². The molecule has 2 aromatic carbocycles. The van der Waals surface area contributed by atoms with E-state index in [1.807, 2.05) is 12.1 Å². The summed E-state index contributed by atoms with van der Waals surface area (Å²) in [6.45, 7) is 3.28. The van der Waals surface area contributed by atoms with E-state index in [0.717, 1.165) is 5.56 Å². The van der Waals surface area contributed by atoms with Crippen LogP contribution < -0.4 is 14.8 Å². The Morgan fingerprint density at radius 1 is 1.04 bits per heavy atom. The van der Waals surface area contributed by atoms with Crippen LogP contribution in [0.2, 0.25) is 0 Å². The zero-order chi connectivity index (χ0) is 20.3. The van der Waals surface area contributed by atoms with Crippen LogP contribution in [0.4, 0.5) is 5.69 Å². The molecule has 144 valence electrons. The van der Waals surface area contributed by atoms with Gasteiger partial charge in [-0.2, -0.15) is 0 Å². The normalized spacial score (nSPS) is 10.4. The number of Topliss-reactive ketones (excluding diaryl/α,β-unsaturated/α-hetero) is 1. The minimum atomic E-state index is -0.262. The third-order valence-electron chi connectivity index (χ3n) is 4.16. The first-order valence-electron chi connectivity index (χ1n) is 8.55. The molecule has 3 rings (SSSR count). The summed E-state index contributed by atoms with van der Waals surface area (Å²) in [5, 5.41) is 3.54. The molecule has 1 amide bonds. The van der Waals surface area contributed by atoms with Gasteiger partial charge in [0.2, 0.25) is 0 Å². The summed E-state index contributed by atoms with van der Waals surface area (Å²) in [5.74, 6) is 0.908. The Balaban J connectivity index is 1.87. The molecule has 1 aromatic heterocycles. The average molecular weight is 396 g/mol. The summed E-state index contributed by atoms with van der Waals surface area (Å²) in [5.41, 5.74) is 2.58. The largest absolute Gasteiger partial charge is 0.493 e. The first-order valence-corrected chi connectivity index (χ1v) is 9.36. The molecule has 6 nitrogen and oxygen atoms in total. The molecule has 0 aliphatic carbocycles. The van der Waals surface area contributed by atoms with E-state index in [4.69, 9.17) is 9.47 Å². The van der Waals surface area contributed by atoms with Crippen molar-refractivity contribution in [1.82, 2.24) is 4.98 Å². The van der Waals surface area contributed by atoms with Gasteiger partial charge in [0.25, 0.3) is 5.91 Å². The van der Waals surface area contributed by atoms with Crippen LogP contribution in [0.15, 0.2) is 42.5 Å². The van der Waals surface area contributed by atoms with E-state index < -0.39 is 0 Å². The van der Waals surface area contributed by atoms with E-state index in [-0.39, 0.29) is 11.7 Å². The Kier molecular flexibility index (Phi) is 5.75. The third kappa shape index (κ3) is 4.04. The van der Waals surface area contributed by atoms with E-state index in [1.165, 1.54) is 18.3 Å². The fourth-order valence-corrected chi connectivity index (χ4v) is 3.66. The maximum Gasteiger partial charge on any atom is 0.267 e. The molecule has 0 aliphatic rings. The standard InChI is InChI=1S/C21H20N2O4S/c1-12-19(20(25)23-16-7-5-6-14(10-16)13(2)24)28-21(22-12)15-8-9-17(26-3)18(11-15)27-4/h5-11H,1-4H3,(H,23,25). The zero-order valence-electron chi connectivity index (χ0n) is 16.0. The van der Waals surface area contributed by atoms with Crippen LogP contribution in [0.5, 0.6) is 11.5 Å². The molecule has 0 spiro atoms. The predicted octanol–water partition coefficient (Wildman–Crippen LogP) is 4.59. The molecule has 0 atom stereocenters. The van der Waals surface area contributed by atoms with Gasteiger partial charge in [-0.15, -0.1) is 11.3 Å². The van der Waals surface area contributed by atoms with Crippen molar-refractivity contribution in [3.05, 3.63) is 58.6 Å². The number of rotatable bonds is 6. The van der Waals surface area contributed by atoms with E-state index in [9.17, 15) is 9.59 Å². The van der Waals surface area contributed by atoms with Crippen molar-refractivity contribution in [3.63, 3.8) is 0 Å². The Bertz CT molecular complexity index is 1040. The molecule has 1 heterocycles.